The van der Waals surface area contributed by atoms with Gasteiger partial charge in [0.05, 0.1) is 0 Å². The Morgan fingerprint density at radius 3 is 2.32 bits per heavy atom. The van der Waals surface area contributed by atoms with Crippen molar-refractivity contribution in [3.05, 3.63) is 11.8 Å². The first-order valence-corrected chi connectivity index (χ1v) is 7.08. The summed E-state index contributed by atoms with van der Waals surface area (Å²) in [5, 5.41) is 10.9. The lowest BCUT2D eigenvalue weighted by Crippen LogP contribution is -2.34. The largest absolute Gasteiger partial charge is 0.423 e. The molecule has 1 rings (SSSR count). The average Bonchev–Trinajstić information content (AvgIpc) is 2.76. The maximum absolute atomic E-state index is 12.2. The minimum absolute atomic E-state index is 0.0543. The van der Waals surface area contributed by atoms with E-state index < -0.39 is 0 Å². The second-order valence-corrected chi connectivity index (χ2v) is 5.36. The molecule has 0 radical (unpaired) electrons. The third-order valence-electron chi connectivity index (χ3n) is 3.22. The maximum Gasteiger partial charge on any atom is 0.238 e. The number of hydrogen-bond acceptors (Lipinski definition) is 4. The fourth-order valence-corrected chi connectivity index (χ4v) is 2.09. The molecule has 0 bridgehead atoms. The molecule has 1 aromatic heterocycles. The molecule has 0 fully saturated rings. The zero-order chi connectivity index (χ0) is 14.4. The molecule has 0 saturated carbocycles. The third kappa shape index (κ3) is 4.65. The summed E-state index contributed by atoms with van der Waals surface area (Å²) < 4.78 is 5.46. The first-order chi connectivity index (χ1) is 8.97. The molecule has 5 heteroatoms. The fraction of sp³-hybridized carbons (Fsp3) is 0.786. The second kappa shape index (κ2) is 7.26. The first kappa shape index (κ1) is 15.7. The molecule has 19 heavy (non-hydrogen) atoms. The minimum Gasteiger partial charge on any atom is -0.423 e. The number of aryl methyl sites for hydroxylation is 1. The van der Waals surface area contributed by atoms with Crippen molar-refractivity contribution in [1.82, 2.24) is 15.5 Å². The van der Waals surface area contributed by atoms with Crippen LogP contribution in [0.3, 0.4) is 0 Å². The number of aromatic nitrogens is 2. The van der Waals surface area contributed by atoms with Crippen LogP contribution in [0.25, 0.3) is 0 Å². The van der Waals surface area contributed by atoms with Crippen LogP contribution >= 0.6 is 0 Å². The summed E-state index contributed by atoms with van der Waals surface area (Å²) in [5.41, 5.74) is 0. The topological polar surface area (TPSA) is 68.0 Å². The van der Waals surface area contributed by atoms with Gasteiger partial charge in [-0.15, -0.1) is 10.2 Å². The van der Waals surface area contributed by atoms with Crippen molar-refractivity contribution < 1.29 is 9.21 Å². The quantitative estimate of drug-likeness (QED) is 0.824. The highest BCUT2D eigenvalue weighted by Crippen LogP contribution is 2.21. The van der Waals surface area contributed by atoms with Gasteiger partial charge in [-0.2, -0.15) is 0 Å². The Hall–Kier alpha value is -1.39. The Labute approximate surface area is 115 Å². The summed E-state index contributed by atoms with van der Waals surface area (Å²) in [5.74, 6) is 1.61. The normalized spacial score (nSPS) is 13.0. The van der Waals surface area contributed by atoms with Crippen molar-refractivity contribution in [2.75, 3.05) is 0 Å². The van der Waals surface area contributed by atoms with Gasteiger partial charge in [0.15, 0.2) is 0 Å². The van der Waals surface area contributed by atoms with Gasteiger partial charge in [-0.25, -0.2) is 0 Å². The molecule has 5 nitrogen and oxygen atoms in total. The molecule has 0 aromatic carbocycles. The van der Waals surface area contributed by atoms with Crippen LogP contribution in [-0.4, -0.2) is 16.1 Å². The van der Waals surface area contributed by atoms with Crippen LogP contribution in [0.2, 0.25) is 0 Å². The number of hydrogen-bond donors (Lipinski definition) is 1. The first-order valence-electron chi connectivity index (χ1n) is 7.08. The third-order valence-corrected chi connectivity index (χ3v) is 3.22. The van der Waals surface area contributed by atoms with Crippen LogP contribution in [0.1, 0.15) is 64.8 Å². The number of carbonyl (C=O) groups is 1. The van der Waals surface area contributed by atoms with Crippen LogP contribution in [-0.2, 0) is 4.79 Å². The summed E-state index contributed by atoms with van der Waals surface area (Å²) in [6.07, 6.45) is 2.49. The predicted octanol–water partition coefficient (Wildman–Crippen LogP) is 3.02. The lowest BCUT2D eigenvalue weighted by molar-refractivity contribution is -0.126. The van der Waals surface area contributed by atoms with Crippen molar-refractivity contribution in [2.24, 2.45) is 11.8 Å². The highest BCUT2D eigenvalue weighted by molar-refractivity contribution is 5.78. The molecular formula is C14H25N3O2. The van der Waals surface area contributed by atoms with Gasteiger partial charge < -0.3 is 9.73 Å². The summed E-state index contributed by atoms with van der Waals surface area (Å²) in [4.78, 5) is 12.2. The molecule has 0 aliphatic rings. The summed E-state index contributed by atoms with van der Waals surface area (Å²) in [6.45, 7) is 10.0. The van der Waals surface area contributed by atoms with Crippen LogP contribution in [0.5, 0.6) is 0 Å². The van der Waals surface area contributed by atoms with E-state index in [0.717, 1.165) is 19.3 Å². The molecule has 0 spiro atoms. The Kier molecular flexibility index (Phi) is 5.99. The van der Waals surface area contributed by atoms with Gasteiger partial charge in [0.1, 0.15) is 6.04 Å². The van der Waals surface area contributed by atoms with Gasteiger partial charge in [-0.3, -0.25) is 4.79 Å². The van der Waals surface area contributed by atoms with Gasteiger partial charge in [-0.1, -0.05) is 27.7 Å². The van der Waals surface area contributed by atoms with Crippen molar-refractivity contribution in [2.45, 2.75) is 59.9 Å². The monoisotopic (exact) mass is 267 g/mol. The van der Waals surface area contributed by atoms with E-state index in [2.05, 4.69) is 29.4 Å². The predicted molar refractivity (Wildman–Crippen MR) is 73.4 cm³/mol. The standard InChI is InChI=1S/C14H25N3O2/c1-6-11(7-2)13(18)15-12(8-9(3)4)14-17-16-10(5)19-14/h9,11-12H,6-8H2,1-5H3,(H,15,18). The fourth-order valence-electron chi connectivity index (χ4n) is 2.09. The van der Waals surface area contributed by atoms with E-state index in [1.54, 1.807) is 6.92 Å². The molecule has 108 valence electrons. The van der Waals surface area contributed by atoms with Crippen molar-refractivity contribution in [3.8, 4) is 0 Å². The van der Waals surface area contributed by atoms with Gasteiger partial charge in [0, 0.05) is 12.8 Å². The smallest absolute Gasteiger partial charge is 0.238 e. The van der Waals surface area contributed by atoms with Gasteiger partial charge in [0.25, 0.3) is 0 Å². The van der Waals surface area contributed by atoms with E-state index in [1.807, 2.05) is 13.8 Å². The van der Waals surface area contributed by atoms with Crippen LogP contribution in [0.4, 0.5) is 0 Å². The molecule has 1 heterocycles. The van der Waals surface area contributed by atoms with Crippen LogP contribution in [0, 0.1) is 18.8 Å². The van der Waals surface area contributed by atoms with Gasteiger partial charge in [-0.05, 0) is 25.2 Å². The zero-order valence-electron chi connectivity index (χ0n) is 12.6. The highest BCUT2D eigenvalue weighted by atomic mass is 16.4. The summed E-state index contributed by atoms with van der Waals surface area (Å²) in [6, 6.07) is -0.186. The molecular weight excluding hydrogens is 242 g/mol. The van der Waals surface area contributed by atoms with Crippen molar-refractivity contribution in [3.63, 3.8) is 0 Å². The lowest BCUT2D eigenvalue weighted by Gasteiger charge is -2.20. The van der Waals surface area contributed by atoms with E-state index in [4.69, 9.17) is 4.42 Å². The number of carbonyl (C=O) groups excluding carboxylic acids is 1. The van der Waals surface area contributed by atoms with Crippen molar-refractivity contribution >= 4 is 5.91 Å². The van der Waals surface area contributed by atoms with E-state index in [-0.39, 0.29) is 17.9 Å². The Morgan fingerprint density at radius 2 is 1.89 bits per heavy atom. The van der Waals surface area contributed by atoms with E-state index in [1.165, 1.54) is 0 Å². The SMILES string of the molecule is CCC(CC)C(=O)NC(CC(C)C)c1nnc(C)o1. The molecule has 0 aliphatic carbocycles. The highest BCUT2D eigenvalue weighted by Gasteiger charge is 2.24. The molecule has 1 unspecified atom stereocenters. The zero-order valence-corrected chi connectivity index (χ0v) is 12.6. The number of nitrogens with zero attached hydrogens (tertiary/aromatic N) is 2. The second-order valence-electron chi connectivity index (χ2n) is 5.36. The maximum atomic E-state index is 12.2. The molecule has 1 N–H and O–H groups in total. The summed E-state index contributed by atoms with van der Waals surface area (Å²) in [7, 11) is 0. The van der Waals surface area contributed by atoms with Crippen LogP contribution < -0.4 is 5.32 Å². The van der Waals surface area contributed by atoms with E-state index in [0.29, 0.717) is 17.7 Å². The number of rotatable bonds is 7. The van der Waals surface area contributed by atoms with E-state index >= 15 is 0 Å². The number of nitrogens with one attached hydrogen (secondary N) is 1. The molecule has 1 atom stereocenters. The van der Waals surface area contributed by atoms with E-state index in [9.17, 15) is 4.79 Å². The Balaban J connectivity index is 2.78. The van der Waals surface area contributed by atoms with Gasteiger partial charge >= 0.3 is 0 Å². The summed E-state index contributed by atoms with van der Waals surface area (Å²) >= 11 is 0. The lowest BCUT2D eigenvalue weighted by atomic mass is 9.99. The average molecular weight is 267 g/mol. The van der Waals surface area contributed by atoms with Crippen LogP contribution in [0.15, 0.2) is 4.42 Å². The number of amides is 1. The molecule has 1 amide bonds. The minimum atomic E-state index is -0.186. The molecule has 1 aromatic rings. The molecule has 0 aliphatic heterocycles. The Morgan fingerprint density at radius 1 is 1.26 bits per heavy atom. The Bertz CT molecular complexity index is 397. The van der Waals surface area contributed by atoms with Gasteiger partial charge in [0.2, 0.25) is 17.7 Å². The molecule has 0 saturated heterocycles. The van der Waals surface area contributed by atoms with Crippen molar-refractivity contribution in [1.29, 1.82) is 0 Å².